The van der Waals surface area contributed by atoms with Crippen LogP contribution in [-0.2, 0) is 14.8 Å². The van der Waals surface area contributed by atoms with Crippen LogP contribution in [0.15, 0.2) is 23.1 Å². The van der Waals surface area contributed by atoms with Crippen LogP contribution in [0.4, 0.5) is 0 Å². The third-order valence-electron chi connectivity index (χ3n) is 2.70. The van der Waals surface area contributed by atoms with Crippen molar-refractivity contribution in [3.8, 4) is 6.07 Å². The Hall–Kier alpha value is -1.62. The molecular formula is C12H13ClN2O4S. The second-order valence-corrected chi connectivity index (χ2v) is 6.73. The van der Waals surface area contributed by atoms with Crippen LogP contribution in [0.2, 0.25) is 5.02 Å². The number of aliphatic carboxylic acids is 1. The Morgan fingerprint density at radius 3 is 2.65 bits per heavy atom. The summed E-state index contributed by atoms with van der Waals surface area (Å²) in [6.07, 6.45) is 0. The monoisotopic (exact) mass is 316 g/mol. The highest BCUT2D eigenvalue weighted by molar-refractivity contribution is 7.89. The number of rotatable bonds is 5. The third-order valence-corrected chi connectivity index (χ3v) is 4.82. The summed E-state index contributed by atoms with van der Waals surface area (Å²) >= 11 is 5.71. The van der Waals surface area contributed by atoms with Gasteiger partial charge in [-0.1, -0.05) is 18.5 Å². The second kappa shape index (κ2) is 6.22. The molecule has 20 heavy (non-hydrogen) atoms. The predicted molar refractivity (Wildman–Crippen MR) is 72.8 cm³/mol. The summed E-state index contributed by atoms with van der Waals surface area (Å²) in [7, 11) is -2.67. The predicted octanol–water partition coefficient (Wildman–Crippen LogP) is 1.55. The molecule has 1 unspecified atom stereocenters. The highest BCUT2D eigenvalue weighted by atomic mass is 35.5. The maximum absolute atomic E-state index is 12.3. The molecule has 108 valence electrons. The van der Waals surface area contributed by atoms with Crippen molar-refractivity contribution in [1.29, 1.82) is 5.26 Å². The van der Waals surface area contributed by atoms with Crippen LogP contribution in [0.5, 0.6) is 0 Å². The highest BCUT2D eigenvalue weighted by Gasteiger charge is 2.27. The molecule has 1 aromatic rings. The number of halogens is 1. The average Bonchev–Trinajstić information content (AvgIpc) is 2.37. The van der Waals surface area contributed by atoms with E-state index in [-0.39, 0.29) is 22.0 Å². The Kier molecular flexibility index (Phi) is 5.11. The number of nitriles is 1. The molecule has 1 atom stereocenters. The van der Waals surface area contributed by atoms with Gasteiger partial charge >= 0.3 is 5.97 Å². The van der Waals surface area contributed by atoms with Crippen LogP contribution in [0.3, 0.4) is 0 Å². The van der Waals surface area contributed by atoms with Crippen LogP contribution in [-0.4, -0.2) is 37.4 Å². The quantitative estimate of drug-likeness (QED) is 0.888. The summed E-state index contributed by atoms with van der Waals surface area (Å²) in [6, 6.07) is 5.62. The first-order valence-corrected chi connectivity index (χ1v) is 7.40. The summed E-state index contributed by atoms with van der Waals surface area (Å²) in [6.45, 7) is 1.21. The fraction of sp³-hybridized carbons (Fsp3) is 0.333. The fourth-order valence-electron chi connectivity index (χ4n) is 1.54. The molecule has 0 aliphatic rings. The van der Waals surface area contributed by atoms with E-state index in [1.54, 1.807) is 6.07 Å². The van der Waals surface area contributed by atoms with Gasteiger partial charge in [0.2, 0.25) is 10.0 Å². The summed E-state index contributed by atoms with van der Waals surface area (Å²) in [5.41, 5.74) is -0.0765. The van der Waals surface area contributed by atoms with E-state index in [0.29, 0.717) is 0 Å². The molecule has 1 N–H and O–H groups in total. The van der Waals surface area contributed by atoms with Crippen molar-refractivity contribution in [2.75, 3.05) is 13.6 Å². The summed E-state index contributed by atoms with van der Waals surface area (Å²) in [5.74, 6) is -1.95. The number of carbonyl (C=O) groups is 1. The Bertz CT molecular complexity index is 667. The van der Waals surface area contributed by atoms with Gasteiger partial charge in [-0.05, 0) is 18.2 Å². The van der Waals surface area contributed by atoms with E-state index in [1.807, 2.05) is 0 Å². The number of nitrogens with zero attached hydrogens (tertiary/aromatic N) is 2. The smallest absolute Gasteiger partial charge is 0.307 e. The van der Waals surface area contributed by atoms with Gasteiger partial charge in [0.15, 0.2) is 0 Å². The first-order chi connectivity index (χ1) is 9.20. The lowest BCUT2D eigenvalue weighted by Gasteiger charge is -2.19. The van der Waals surface area contributed by atoms with Gasteiger partial charge in [-0.3, -0.25) is 4.79 Å². The van der Waals surface area contributed by atoms with Crippen LogP contribution in [0.1, 0.15) is 12.5 Å². The first-order valence-electron chi connectivity index (χ1n) is 5.59. The van der Waals surface area contributed by atoms with E-state index >= 15 is 0 Å². The van der Waals surface area contributed by atoms with Crippen LogP contribution < -0.4 is 0 Å². The van der Waals surface area contributed by atoms with Crippen molar-refractivity contribution in [2.45, 2.75) is 11.8 Å². The average molecular weight is 317 g/mol. The van der Waals surface area contributed by atoms with Gasteiger partial charge in [0.05, 0.1) is 11.5 Å². The second-order valence-electron chi connectivity index (χ2n) is 4.28. The number of benzene rings is 1. The zero-order chi connectivity index (χ0) is 15.5. The van der Waals surface area contributed by atoms with Crippen molar-refractivity contribution in [3.63, 3.8) is 0 Å². The molecule has 1 rings (SSSR count). The molecule has 0 spiro atoms. The Labute approximate surface area is 122 Å². The molecule has 0 amide bonds. The maximum Gasteiger partial charge on any atom is 0.307 e. The van der Waals surface area contributed by atoms with Gasteiger partial charge < -0.3 is 5.11 Å². The summed E-state index contributed by atoms with van der Waals surface area (Å²) in [5, 5.41) is 18.0. The molecule has 6 nitrogen and oxygen atoms in total. The molecule has 8 heteroatoms. The topological polar surface area (TPSA) is 98.5 Å². The standard InChI is InChI=1S/C12H13ClN2O4S/c1-8(12(16)17)7-15(2)20(18,19)11-4-3-10(13)5-9(11)6-14/h3-5,8H,7H2,1-2H3,(H,16,17). The molecule has 0 saturated carbocycles. The van der Waals surface area contributed by atoms with Crippen molar-refractivity contribution >= 4 is 27.6 Å². The highest BCUT2D eigenvalue weighted by Crippen LogP contribution is 2.23. The lowest BCUT2D eigenvalue weighted by molar-refractivity contribution is -0.141. The van der Waals surface area contributed by atoms with Crippen molar-refractivity contribution in [1.82, 2.24) is 4.31 Å². The minimum Gasteiger partial charge on any atom is -0.481 e. The molecule has 0 aliphatic carbocycles. The SMILES string of the molecule is CC(CN(C)S(=O)(=O)c1ccc(Cl)cc1C#N)C(=O)O. The minimum absolute atomic E-state index is 0.0765. The van der Waals surface area contributed by atoms with Gasteiger partial charge in [0.1, 0.15) is 11.0 Å². The van der Waals surface area contributed by atoms with Gasteiger partial charge in [0.25, 0.3) is 0 Å². The van der Waals surface area contributed by atoms with Gasteiger partial charge in [-0.15, -0.1) is 0 Å². The maximum atomic E-state index is 12.3. The molecule has 0 aromatic heterocycles. The molecule has 1 aromatic carbocycles. The number of hydrogen-bond acceptors (Lipinski definition) is 4. The van der Waals surface area contributed by atoms with Crippen molar-refractivity contribution in [2.24, 2.45) is 5.92 Å². The summed E-state index contributed by atoms with van der Waals surface area (Å²) < 4.78 is 25.6. The van der Waals surface area contributed by atoms with Crippen LogP contribution in [0.25, 0.3) is 0 Å². The molecule has 0 saturated heterocycles. The Morgan fingerprint density at radius 1 is 1.55 bits per heavy atom. The van der Waals surface area contributed by atoms with E-state index < -0.39 is 21.9 Å². The Morgan fingerprint density at radius 2 is 2.15 bits per heavy atom. The summed E-state index contributed by atoms with van der Waals surface area (Å²) in [4.78, 5) is 10.6. The molecule has 0 radical (unpaired) electrons. The lowest BCUT2D eigenvalue weighted by Crippen LogP contribution is -2.34. The van der Waals surface area contributed by atoms with E-state index in [4.69, 9.17) is 22.0 Å². The molecule has 0 heterocycles. The number of sulfonamides is 1. The van der Waals surface area contributed by atoms with Gasteiger partial charge in [-0.25, -0.2) is 12.7 Å². The normalized spacial score (nSPS) is 12.9. The Balaban J connectivity index is 3.18. The number of carboxylic acids is 1. The largest absolute Gasteiger partial charge is 0.481 e. The van der Waals surface area contributed by atoms with E-state index in [9.17, 15) is 13.2 Å². The number of carboxylic acid groups (broad SMARTS) is 1. The van der Waals surface area contributed by atoms with Crippen molar-refractivity contribution < 1.29 is 18.3 Å². The van der Waals surface area contributed by atoms with Gasteiger partial charge in [-0.2, -0.15) is 5.26 Å². The van der Waals surface area contributed by atoms with E-state index in [0.717, 1.165) is 4.31 Å². The van der Waals surface area contributed by atoms with Crippen LogP contribution >= 0.6 is 11.6 Å². The molecule has 0 aliphatic heterocycles. The third kappa shape index (κ3) is 3.48. The van der Waals surface area contributed by atoms with Gasteiger partial charge in [0, 0.05) is 18.6 Å². The zero-order valence-electron chi connectivity index (χ0n) is 10.9. The van der Waals surface area contributed by atoms with Crippen LogP contribution in [0, 0.1) is 17.2 Å². The zero-order valence-corrected chi connectivity index (χ0v) is 12.4. The fourth-order valence-corrected chi connectivity index (χ4v) is 3.09. The molecule has 0 bridgehead atoms. The number of hydrogen-bond donors (Lipinski definition) is 1. The van der Waals surface area contributed by atoms with E-state index in [1.165, 1.54) is 32.2 Å². The molecular weight excluding hydrogens is 304 g/mol. The first kappa shape index (κ1) is 16.4. The van der Waals surface area contributed by atoms with Crippen molar-refractivity contribution in [3.05, 3.63) is 28.8 Å². The lowest BCUT2D eigenvalue weighted by atomic mass is 10.2. The molecule has 0 fully saturated rings. The van der Waals surface area contributed by atoms with E-state index in [2.05, 4.69) is 0 Å². The minimum atomic E-state index is -3.94.